The standard InChI is InChI=1S/C27H29ClN4O2S/c1-14-6-17(28)7-20(23(14)13-31-11-15(2)30-10-16(31)3)19-4-5-29-24-8-18(35-25(19)24)12-32-26(33)21-9-22(21)27(32)34/h4-8,15-16,21-22,30H,9-13H2,1-3H3/t15-,16-,21?,22?/m1/s1. The monoisotopic (exact) mass is 508 g/mol. The predicted octanol–water partition coefficient (Wildman–Crippen LogP) is 4.61. The molecule has 182 valence electrons. The fraction of sp³-hybridized carbons (Fsp3) is 0.444. The average Bonchev–Trinajstić information content (AvgIpc) is 3.46. The Morgan fingerprint density at radius 3 is 2.66 bits per heavy atom. The molecule has 2 aromatic heterocycles. The van der Waals surface area contributed by atoms with E-state index in [0.717, 1.165) is 57.3 Å². The molecule has 3 fully saturated rings. The second-order valence-electron chi connectivity index (χ2n) is 10.3. The molecule has 6 rings (SSSR count). The Hall–Kier alpha value is -2.32. The van der Waals surface area contributed by atoms with Gasteiger partial charge in [0.2, 0.25) is 11.8 Å². The molecule has 8 heteroatoms. The second kappa shape index (κ2) is 8.66. The molecule has 2 aliphatic heterocycles. The molecule has 3 aromatic rings. The highest BCUT2D eigenvalue weighted by Gasteiger charge is 2.58. The first-order chi connectivity index (χ1) is 16.8. The number of carbonyl (C=O) groups is 2. The van der Waals surface area contributed by atoms with E-state index in [1.54, 1.807) is 11.3 Å². The molecule has 2 amide bonds. The van der Waals surface area contributed by atoms with Crippen molar-refractivity contribution in [2.45, 2.75) is 52.4 Å². The van der Waals surface area contributed by atoms with Crippen molar-refractivity contribution in [2.75, 3.05) is 13.1 Å². The molecule has 4 atom stereocenters. The van der Waals surface area contributed by atoms with Crippen LogP contribution in [0.2, 0.25) is 5.02 Å². The maximum atomic E-state index is 12.5. The molecule has 1 aliphatic carbocycles. The molecule has 0 radical (unpaired) electrons. The Labute approximate surface area is 214 Å². The number of amides is 2. The summed E-state index contributed by atoms with van der Waals surface area (Å²) in [6, 6.07) is 9.09. The summed E-state index contributed by atoms with van der Waals surface area (Å²) in [7, 11) is 0. The van der Waals surface area contributed by atoms with Gasteiger partial charge < -0.3 is 5.32 Å². The molecule has 4 heterocycles. The molecule has 3 aliphatic rings. The van der Waals surface area contributed by atoms with Crippen molar-refractivity contribution in [3.8, 4) is 11.1 Å². The smallest absolute Gasteiger partial charge is 0.233 e. The number of piperazine rings is 1. The number of imide groups is 1. The number of rotatable bonds is 5. The fourth-order valence-corrected chi connectivity index (χ4v) is 6.99. The van der Waals surface area contributed by atoms with Crippen molar-refractivity contribution in [1.82, 2.24) is 20.1 Å². The third-order valence-electron chi connectivity index (χ3n) is 7.72. The van der Waals surface area contributed by atoms with Crippen molar-refractivity contribution >= 4 is 45.0 Å². The quantitative estimate of drug-likeness (QED) is 0.510. The Kier molecular flexibility index (Phi) is 5.72. The normalized spacial score (nSPS) is 26.6. The molecule has 1 aromatic carbocycles. The number of nitrogens with zero attached hydrogens (tertiary/aromatic N) is 3. The lowest BCUT2D eigenvalue weighted by Crippen LogP contribution is -2.53. The van der Waals surface area contributed by atoms with Crippen molar-refractivity contribution in [1.29, 1.82) is 0 Å². The summed E-state index contributed by atoms with van der Waals surface area (Å²) in [5.41, 5.74) is 5.58. The van der Waals surface area contributed by atoms with Gasteiger partial charge in [-0.15, -0.1) is 11.3 Å². The molecule has 0 spiro atoms. The molecule has 0 bridgehead atoms. The van der Waals surface area contributed by atoms with Crippen LogP contribution in [-0.2, 0) is 22.7 Å². The number of halogens is 1. The molecule has 2 unspecified atom stereocenters. The number of carbonyl (C=O) groups excluding carboxylic acids is 2. The minimum Gasteiger partial charge on any atom is -0.311 e. The maximum absolute atomic E-state index is 12.5. The Morgan fingerprint density at radius 1 is 1.11 bits per heavy atom. The van der Waals surface area contributed by atoms with E-state index >= 15 is 0 Å². The van der Waals surface area contributed by atoms with Crippen molar-refractivity contribution < 1.29 is 9.59 Å². The topological polar surface area (TPSA) is 65.5 Å². The zero-order chi connectivity index (χ0) is 24.4. The SMILES string of the molecule is Cc1cc(Cl)cc(-c2ccnc3cc(CN4C(=O)C5CC5C4=O)sc23)c1CN1C[C@@H](C)NC[C@H]1C. The highest BCUT2D eigenvalue weighted by molar-refractivity contribution is 7.19. The first kappa shape index (κ1) is 23.1. The van der Waals surface area contributed by atoms with Crippen LogP contribution in [0.1, 0.15) is 36.3 Å². The van der Waals surface area contributed by atoms with Gasteiger partial charge in [-0.25, -0.2) is 0 Å². The van der Waals surface area contributed by atoms with Crippen LogP contribution in [0.5, 0.6) is 0 Å². The molecule has 1 saturated carbocycles. The van der Waals surface area contributed by atoms with E-state index in [-0.39, 0.29) is 23.7 Å². The summed E-state index contributed by atoms with van der Waals surface area (Å²) < 4.78 is 1.07. The zero-order valence-electron chi connectivity index (χ0n) is 20.2. The van der Waals surface area contributed by atoms with Crippen molar-refractivity contribution in [3.63, 3.8) is 0 Å². The number of hydrogen-bond acceptors (Lipinski definition) is 6. The first-order valence-electron chi connectivity index (χ1n) is 12.3. The predicted molar refractivity (Wildman–Crippen MR) is 139 cm³/mol. The lowest BCUT2D eigenvalue weighted by atomic mass is 9.95. The van der Waals surface area contributed by atoms with Gasteiger partial charge in [0, 0.05) is 53.4 Å². The number of likely N-dealkylation sites (tertiary alicyclic amines) is 1. The molecular weight excluding hydrogens is 480 g/mol. The summed E-state index contributed by atoms with van der Waals surface area (Å²) in [4.78, 5) is 34.5. The highest BCUT2D eigenvalue weighted by atomic mass is 35.5. The lowest BCUT2D eigenvalue weighted by Gasteiger charge is -2.38. The highest BCUT2D eigenvalue weighted by Crippen LogP contribution is 2.48. The number of thiophene rings is 1. The Balaban J connectivity index is 1.38. The van der Waals surface area contributed by atoms with Gasteiger partial charge in [0.25, 0.3) is 0 Å². The third kappa shape index (κ3) is 4.08. The van der Waals surface area contributed by atoms with Crippen LogP contribution < -0.4 is 5.32 Å². The number of nitrogens with one attached hydrogen (secondary N) is 1. The van der Waals surface area contributed by atoms with E-state index in [4.69, 9.17) is 11.6 Å². The molecule has 35 heavy (non-hydrogen) atoms. The van der Waals surface area contributed by atoms with Crippen LogP contribution in [-0.4, -0.2) is 51.8 Å². The summed E-state index contributed by atoms with van der Waals surface area (Å²) in [5.74, 6) is -0.175. The minimum absolute atomic E-state index is 0.0160. The number of hydrogen-bond donors (Lipinski definition) is 1. The van der Waals surface area contributed by atoms with Gasteiger partial charge in [0.05, 0.1) is 28.6 Å². The van der Waals surface area contributed by atoms with Gasteiger partial charge >= 0.3 is 0 Å². The van der Waals surface area contributed by atoms with Crippen LogP contribution in [0, 0.1) is 18.8 Å². The Bertz CT molecular complexity index is 1330. The van der Waals surface area contributed by atoms with Gasteiger partial charge in [-0.1, -0.05) is 11.6 Å². The second-order valence-corrected chi connectivity index (χ2v) is 11.9. The van der Waals surface area contributed by atoms with E-state index in [1.807, 2.05) is 18.3 Å². The van der Waals surface area contributed by atoms with Crippen molar-refractivity contribution in [3.05, 3.63) is 51.5 Å². The van der Waals surface area contributed by atoms with Crippen LogP contribution in [0.3, 0.4) is 0 Å². The molecule has 6 nitrogen and oxygen atoms in total. The maximum Gasteiger partial charge on any atom is 0.233 e. The van der Waals surface area contributed by atoms with Crippen LogP contribution in [0.25, 0.3) is 21.3 Å². The number of pyridine rings is 1. The largest absolute Gasteiger partial charge is 0.311 e. The van der Waals surface area contributed by atoms with Gasteiger partial charge in [0.15, 0.2) is 0 Å². The summed E-state index contributed by atoms with van der Waals surface area (Å²) in [6.07, 6.45) is 2.57. The number of benzene rings is 1. The molecular formula is C27H29ClN4O2S. The van der Waals surface area contributed by atoms with Gasteiger partial charge in [-0.3, -0.25) is 24.4 Å². The zero-order valence-corrected chi connectivity index (χ0v) is 21.7. The average molecular weight is 509 g/mol. The van der Waals surface area contributed by atoms with Gasteiger partial charge in [-0.05, 0) is 68.1 Å². The fourth-order valence-electron chi connectivity index (χ4n) is 5.58. The van der Waals surface area contributed by atoms with E-state index in [0.29, 0.717) is 18.6 Å². The van der Waals surface area contributed by atoms with E-state index in [1.165, 1.54) is 16.0 Å². The van der Waals surface area contributed by atoms with Crippen LogP contribution in [0.4, 0.5) is 0 Å². The summed E-state index contributed by atoms with van der Waals surface area (Å²) in [6.45, 7) is 9.80. The number of aromatic nitrogens is 1. The lowest BCUT2D eigenvalue weighted by molar-refractivity contribution is -0.141. The number of aryl methyl sites for hydroxylation is 1. The van der Waals surface area contributed by atoms with E-state index < -0.39 is 0 Å². The van der Waals surface area contributed by atoms with Gasteiger partial charge in [-0.2, -0.15) is 0 Å². The summed E-state index contributed by atoms with van der Waals surface area (Å²) in [5, 5.41) is 4.28. The van der Waals surface area contributed by atoms with E-state index in [2.05, 4.69) is 48.1 Å². The molecule has 2 saturated heterocycles. The summed E-state index contributed by atoms with van der Waals surface area (Å²) >= 11 is 8.19. The van der Waals surface area contributed by atoms with Gasteiger partial charge in [0.1, 0.15) is 0 Å². The van der Waals surface area contributed by atoms with Crippen molar-refractivity contribution in [2.24, 2.45) is 11.8 Å². The van der Waals surface area contributed by atoms with E-state index in [9.17, 15) is 9.59 Å². The minimum atomic E-state index is -0.0716. The van der Waals surface area contributed by atoms with Crippen LogP contribution >= 0.6 is 22.9 Å². The van der Waals surface area contributed by atoms with Crippen LogP contribution in [0.15, 0.2) is 30.5 Å². The third-order valence-corrected chi connectivity index (χ3v) is 9.08. The number of piperidine rings is 1. The first-order valence-corrected chi connectivity index (χ1v) is 13.5. The number of fused-ring (bicyclic) bond motifs is 2. The Morgan fingerprint density at radius 2 is 1.89 bits per heavy atom. The molecule has 1 N–H and O–H groups in total.